The molecule has 1 aromatic carbocycles. The van der Waals surface area contributed by atoms with E-state index in [1.54, 1.807) is 24.3 Å². The van der Waals surface area contributed by atoms with Crippen LogP contribution < -0.4 is 0 Å². The minimum Gasteiger partial charge on any atom is -0.462 e. The van der Waals surface area contributed by atoms with Crippen LogP contribution >= 0.6 is 11.6 Å². The molecular weight excluding hydrogens is 200 g/mol. The van der Waals surface area contributed by atoms with Gasteiger partial charge in [0.2, 0.25) is 0 Å². The average molecular weight is 213 g/mol. The van der Waals surface area contributed by atoms with Crippen LogP contribution in [0.3, 0.4) is 0 Å². The number of hydrogen-bond acceptors (Lipinski definition) is 2. The first-order valence-corrected chi connectivity index (χ1v) is 5.00. The molecule has 0 fully saturated rings. The van der Waals surface area contributed by atoms with Gasteiger partial charge in [-0.05, 0) is 25.5 Å². The molecule has 1 atom stereocenters. The maximum atomic E-state index is 11.4. The highest BCUT2D eigenvalue weighted by atomic mass is 35.5. The van der Waals surface area contributed by atoms with Crippen LogP contribution in [0.5, 0.6) is 0 Å². The van der Waals surface area contributed by atoms with Crippen LogP contribution in [0.1, 0.15) is 23.7 Å². The molecule has 1 aromatic rings. The van der Waals surface area contributed by atoms with Crippen LogP contribution in [-0.2, 0) is 4.74 Å². The monoisotopic (exact) mass is 212 g/mol. The lowest BCUT2D eigenvalue weighted by Gasteiger charge is -2.05. The molecule has 0 amide bonds. The molecule has 0 saturated carbocycles. The summed E-state index contributed by atoms with van der Waals surface area (Å²) in [6.45, 7) is 2.25. The first kappa shape index (κ1) is 11.1. The second kappa shape index (κ2) is 5.66. The highest BCUT2D eigenvalue weighted by Gasteiger charge is 2.05. The summed E-state index contributed by atoms with van der Waals surface area (Å²) >= 11 is 5.72. The smallest absolute Gasteiger partial charge is 0.338 e. The lowest BCUT2D eigenvalue weighted by Crippen LogP contribution is -2.08. The molecule has 0 spiro atoms. The summed E-state index contributed by atoms with van der Waals surface area (Å²) in [5.41, 5.74) is 0.578. The molecule has 3 heteroatoms. The molecule has 0 N–H and O–H groups in total. The normalized spacial score (nSPS) is 12.1. The number of rotatable bonds is 4. The lowest BCUT2D eigenvalue weighted by molar-refractivity contribution is 0.0501. The van der Waals surface area contributed by atoms with E-state index in [0.717, 1.165) is 0 Å². The van der Waals surface area contributed by atoms with Gasteiger partial charge < -0.3 is 4.74 Å². The third kappa shape index (κ3) is 3.79. The van der Waals surface area contributed by atoms with Crippen molar-refractivity contribution in [3.8, 4) is 0 Å². The molecule has 0 aliphatic rings. The Balaban J connectivity index is 2.36. The second-order valence-corrected chi connectivity index (χ2v) is 3.82. The molecule has 2 nitrogen and oxygen atoms in total. The standard InChI is InChI=1S/C11H13ClO2/c1-9(12)7-8-14-11(13)10-5-3-2-4-6-10/h2-6,9H,7-8H2,1H3. The highest BCUT2D eigenvalue weighted by Crippen LogP contribution is 2.04. The van der Waals surface area contributed by atoms with Crippen LogP contribution in [0.15, 0.2) is 30.3 Å². The Hall–Kier alpha value is -1.02. The summed E-state index contributed by atoms with van der Waals surface area (Å²) in [5.74, 6) is -0.289. The first-order chi connectivity index (χ1) is 6.70. The molecule has 0 aliphatic heterocycles. The Morgan fingerprint density at radius 2 is 2.07 bits per heavy atom. The second-order valence-electron chi connectivity index (χ2n) is 3.07. The van der Waals surface area contributed by atoms with Crippen molar-refractivity contribution in [3.63, 3.8) is 0 Å². The van der Waals surface area contributed by atoms with Crippen molar-refractivity contribution in [1.82, 2.24) is 0 Å². The SMILES string of the molecule is CC(Cl)CCOC(=O)c1ccccc1. The van der Waals surface area contributed by atoms with Crippen molar-refractivity contribution in [1.29, 1.82) is 0 Å². The molecule has 76 valence electrons. The molecule has 0 bridgehead atoms. The van der Waals surface area contributed by atoms with E-state index in [2.05, 4.69) is 0 Å². The molecular formula is C11H13ClO2. The predicted molar refractivity (Wildman–Crippen MR) is 56.7 cm³/mol. The largest absolute Gasteiger partial charge is 0.462 e. The Labute approximate surface area is 88.8 Å². The summed E-state index contributed by atoms with van der Waals surface area (Å²) in [6, 6.07) is 8.93. The number of esters is 1. The van der Waals surface area contributed by atoms with E-state index in [1.807, 2.05) is 13.0 Å². The quantitative estimate of drug-likeness (QED) is 0.567. The zero-order valence-electron chi connectivity index (χ0n) is 8.07. The fourth-order valence-electron chi connectivity index (χ4n) is 0.972. The zero-order chi connectivity index (χ0) is 10.4. The molecule has 1 rings (SSSR count). The Bertz CT molecular complexity index is 283. The van der Waals surface area contributed by atoms with Crippen molar-refractivity contribution < 1.29 is 9.53 Å². The number of ether oxygens (including phenoxy) is 1. The van der Waals surface area contributed by atoms with Crippen LogP contribution in [0.25, 0.3) is 0 Å². The van der Waals surface area contributed by atoms with Gasteiger partial charge in [0.25, 0.3) is 0 Å². The average Bonchev–Trinajstić information content (AvgIpc) is 2.18. The summed E-state index contributed by atoms with van der Waals surface area (Å²) in [7, 11) is 0. The topological polar surface area (TPSA) is 26.3 Å². The molecule has 0 heterocycles. The van der Waals surface area contributed by atoms with Gasteiger partial charge in [-0.15, -0.1) is 11.6 Å². The number of halogens is 1. The van der Waals surface area contributed by atoms with Gasteiger partial charge in [-0.1, -0.05) is 18.2 Å². The van der Waals surface area contributed by atoms with E-state index in [9.17, 15) is 4.79 Å². The molecule has 0 aromatic heterocycles. The Morgan fingerprint density at radius 1 is 1.43 bits per heavy atom. The van der Waals surface area contributed by atoms with Crippen molar-refractivity contribution in [2.45, 2.75) is 18.7 Å². The summed E-state index contributed by atoms with van der Waals surface area (Å²) in [4.78, 5) is 11.4. The minimum atomic E-state index is -0.289. The summed E-state index contributed by atoms with van der Waals surface area (Å²) in [6.07, 6.45) is 0.681. The zero-order valence-corrected chi connectivity index (χ0v) is 8.83. The number of benzene rings is 1. The predicted octanol–water partition coefficient (Wildman–Crippen LogP) is 2.86. The van der Waals surface area contributed by atoms with Crippen molar-refractivity contribution in [2.75, 3.05) is 6.61 Å². The van der Waals surface area contributed by atoms with E-state index < -0.39 is 0 Å². The number of alkyl halides is 1. The van der Waals surface area contributed by atoms with E-state index in [1.165, 1.54) is 0 Å². The molecule has 1 unspecified atom stereocenters. The molecule has 0 radical (unpaired) electrons. The summed E-state index contributed by atoms with van der Waals surface area (Å²) in [5, 5.41) is 0.0403. The van der Waals surface area contributed by atoms with Crippen molar-refractivity contribution in [2.24, 2.45) is 0 Å². The van der Waals surface area contributed by atoms with E-state index in [4.69, 9.17) is 16.3 Å². The summed E-state index contributed by atoms with van der Waals surface area (Å²) < 4.78 is 5.02. The fourth-order valence-corrected chi connectivity index (χ4v) is 1.06. The van der Waals surface area contributed by atoms with Crippen LogP contribution in [0.2, 0.25) is 0 Å². The van der Waals surface area contributed by atoms with Crippen LogP contribution in [-0.4, -0.2) is 18.0 Å². The first-order valence-electron chi connectivity index (χ1n) is 4.56. The Morgan fingerprint density at radius 3 is 2.64 bits per heavy atom. The maximum Gasteiger partial charge on any atom is 0.338 e. The van der Waals surface area contributed by atoms with Gasteiger partial charge in [-0.2, -0.15) is 0 Å². The van der Waals surface area contributed by atoms with E-state index in [0.29, 0.717) is 18.6 Å². The fraction of sp³-hybridized carbons (Fsp3) is 0.364. The van der Waals surface area contributed by atoms with Gasteiger partial charge in [-0.25, -0.2) is 4.79 Å². The van der Waals surface area contributed by atoms with Gasteiger partial charge in [0, 0.05) is 5.38 Å². The van der Waals surface area contributed by atoms with Crippen molar-refractivity contribution >= 4 is 17.6 Å². The maximum absolute atomic E-state index is 11.4. The van der Waals surface area contributed by atoms with E-state index >= 15 is 0 Å². The number of carbonyl (C=O) groups is 1. The van der Waals surface area contributed by atoms with Crippen LogP contribution in [0, 0.1) is 0 Å². The number of carbonyl (C=O) groups excluding carboxylic acids is 1. The lowest BCUT2D eigenvalue weighted by atomic mass is 10.2. The van der Waals surface area contributed by atoms with Gasteiger partial charge in [0.05, 0.1) is 12.2 Å². The molecule has 0 saturated heterocycles. The Kier molecular flexibility index (Phi) is 4.47. The van der Waals surface area contributed by atoms with E-state index in [-0.39, 0.29) is 11.3 Å². The minimum absolute atomic E-state index is 0.0403. The van der Waals surface area contributed by atoms with Crippen molar-refractivity contribution in [3.05, 3.63) is 35.9 Å². The van der Waals surface area contributed by atoms with Gasteiger partial charge >= 0.3 is 5.97 Å². The molecule has 0 aliphatic carbocycles. The van der Waals surface area contributed by atoms with Gasteiger partial charge in [0.15, 0.2) is 0 Å². The van der Waals surface area contributed by atoms with Gasteiger partial charge in [-0.3, -0.25) is 0 Å². The van der Waals surface area contributed by atoms with Gasteiger partial charge in [0.1, 0.15) is 0 Å². The third-order valence-electron chi connectivity index (χ3n) is 1.76. The van der Waals surface area contributed by atoms with Crippen LogP contribution in [0.4, 0.5) is 0 Å². The number of hydrogen-bond donors (Lipinski definition) is 0. The molecule has 14 heavy (non-hydrogen) atoms. The highest BCUT2D eigenvalue weighted by molar-refractivity contribution is 6.20. The third-order valence-corrected chi connectivity index (χ3v) is 1.98.